The number of rotatable bonds is 7. The predicted octanol–water partition coefficient (Wildman–Crippen LogP) is 3.34. The van der Waals surface area contributed by atoms with E-state index < -0.39 is 6.04 Å². The van der Waals surface area contributed by atoms with Gasteiger partial charge in [-0.2, -0.15) is 0 Å². The molecule has 2 heterocycles. The zero-order valence-corrected chi connectivity index (χ0v) is 18.8. The van der Waals surface area contributed by atoms with Crippen LogP contribution in [-0.2, 0) is 9.59 Å². The maximum Gasteiger partial charge on any atom is 0.322 e. The molecule has 0 unspecified atom stereocenters. The standard InChI is InChI=1S/C24H23ClN4O4/c1-3-12-29-19-13-28(14-20(30)26-15-8-10-16(33-2)11-9-15)23(31)21(19)22(27-24(29)32)17-6-4-5-7-18(17)25/h3-11,22H,1,12-14H2,2H3,(H,26,30)(H,27,32)/t22-/m0/s1. The number of benzene rings is 2. The van der Waals surface area contributed by atoms with E-state index in [1.807, 2.05) is 0 Å². The smallest absolute Gasteiger partial charge is 0.322 e. The summed E-state index contributed by atoms with van der Waals surface area (Å²) in [6.07, 6.45) is 1.59. The first-order valence-corrected chi connectivity index (χ1v) is 10.7. The van der Waals surface area contributed by atoms with E-state index in [0.717, 1.165) is 0 Å². The number of anilines is 1. The van der Waals surface area contributed by atoms with E-state index in [1.54, 1.807) is 61.7 Å². The second-order valence-corrected chi connectivity index (χ2v) is 8.01. The van der Waals surface area contributed by atoms with Crippen LogP contribution < -0.4 is 15.4 Å². The van der Waals surface area contributed by atoms with E-state index in [2.05, 4.69) is 17.2 Å². The molecule has 2 aromatic rings. The average Bonchev–Trinajstić information content (AvgIpc) is 3.12. The van der Waals surface area contributed by atoms with Crippen LogP contribution in [0.4, 0.5) is 10.5 Å². The SMILES string of the molecule is C=CCN1C(=O)N[C@@H](c2ccccc2Cl)C2=C1CN(CC(=O)Nc1ccc(OC)cc1)C2=O. The molecule has 0 aromatic heterocycles. The average molecular weight is 467 g/mol. The van der Waals surface area contributed by atoms with Gasteiger partial charge >= 0.3 is 6.03 Å². The monoisotopic (exact) mass is 466 g/mol. The number of carbonyl (C=O) groups is 3. The number of nitrogens with one attached hydrogen (secondary N) is 2. The van der Waals surface area contributed by atoms with Gasteiger partial charge in [-0.15, -0.1) is 6.58 Å². The lowest BCUT2D eigenvalue weighted by molar-refractivity contribution is -0.130. The van der Waals surface area contributed by atoms with Crippen LogP contribution in [0.2, 0.25) is 5.02 Å². The van der Waals surface area contributed by atoms with Crippen LogP contribution in [0.25, 0.3) is 0 Å². The summed E-state index contributed by atoms with van der Waals surface area (Å²) in [6, 6.07) is 12.9. The number of halogens is 1. The molecule has 2 aromatic carbocycles. The quantitative estimate of drug-likeness (QED) is 0.612. The molecule has 0 saturated heterocycles. The van der Waals surface area contributed by atoms with Crippen molar-refractivity contribution in [1.82, 2.24) is 15.1 Å². The summed E-state index contributed by atoms with van der Waals surface area (Å²) in [5.74, 6) is -0.00392. The van der Waals surface area contributed by atoms with Crippen LogP contribution >= 0.6 is 11.6 Å². The van der Waals surface area contributed by atoms with Gasteiger partial charge in [0.2, 0.25) is 5.91 Å². The summed E-state index contributed by atoms with van der Waals surface area (Å²) in [5.41, 5.74) is 2.16. The number of carbonyl (C=O) groups excluding carboxylic acids is 3. The highest BCUT2D eigenvalue weighted by Gasteiger charge is 2.44. The van der Waals surface area contributed by atoms with Crippen LogP contribution in [0.5, 0.6) is 5.75 Å². The van der Waals surface area contributed by atoms with Crippen LogP contribution in [0.1, 0.15) is 11.6 Å². The second kappa shape index (κ2) is 9.38. The number of nitrogens with zero attached hydrogens (tertiary/aromatic N) is 2. The Morgan fingerprint density at radius 3 is 2.64 bits per heavy atom. The Morgan fingerprint density at radius 1 is 1.24 bits per heavy atom. The Hall–Kier alpha value is -3.78. The molecular formula is C24H23ClN4O4. The molecule has 2 aliphatic heterocycles. The highest BCUT2D eigenvalue weighted by molar-refractivity contribution is 6.31. The number of hydrogen-bond donors (Lipinski definition) is 2. The Kier molecular flexibility index (Phi) is 6.37. The van der Waals surface area contributed by atoms with Crippen molar-refractivity contribution in [3.8, 4) is 5.75 Å². The van der Waals surface area contributed by atoms with E-state index >= 15 is 0 Å². The van der Waals surface area contributed by atoms with Gasteiger partial charge in [0.05, 0.1) is 31.0 Å². The second-order valence-electron chi connectivity index (χ2n) is 7.60. The van der Waals surface area contributed by atoms with E-state index in [9.17, 15) is 14.4 Å². The molecule has 0 radical (unpaired) electrons. The van der Waals surface area contributed by atoms with E-state index in [4.69, 9.17) is 16.3 Å². The maximum atomic E-state index is 13.4. The van der Waals surface area contributed by atoms with Crippen LogP contribution in [-0.4, -0.2) is 54.4 Å². The molecular weight excluding hydrogens is 444 g/mol. The summed E-state index contributed by atoms with van der Waals surface area (Å²) in [7, 11) is 1.56. The maximum absolute atomic E-state index is 13.4. The fraction of sp³-hybridized carbons (Fsp3) is 0.208. The molecule has 4 rings (SSSR count). The number of methoxy groups -OCH3 is 1. The molecule has 0 spiro atoms. The van der Waals surface area contributed by atoms with Gasteiger partial charge in [-0.05, 0) is 35.9 Å². The highest BCUT2D eigenvalue weighted by atomic mass is 35.5. The normalized spacial score (nSPS) is 17.6. The van der Waals surface area contributed by atoms with Crippen molar-refractivity contribution in [3.63, 3.8) is 0 Å². The third-order valence-corrected chi connectivity index (χ3v) is 5.88. The molecule has 1 atom stereocenters. The lowest BCUT2D eigenvalue weighted by Crippen LogP contribution is -2.47. The lowest BCUT2D eigenvalue weighted by atomic mass is 9.95. The fourth-order valence-corrected chi connectivity index (χ4v) is 4.23. The van der Waals surface area contributed by atoms with Crippen LogP contribution in [0.15, 0.2) is 72.5 Å². The van der Waals surface area contributed by atoms with Crippen molar-refractivity contribution in [3.05, 3.63) is 83.0 Å². The Morgan fingerprint density at radius 2 is 1.97 bits per heavy atom. The van der Waals surface area contributed by atoms with Gasteiger partial charge in [-0.25, -0.2) is 4.79 Å². The first kappa shape index (κ1) is 22.4. The Labute approximate surface area is 196 Å². The molecule has 0 aliphatic carbocycles. The fourth-order valence-electron chi connectivity index (χ4n) is 3.99. The first-order valence-electron chi connectivity index (χ1n) is 10.3. The predicted molar refractivity (Wildman–Crippen MR) is 125 cm³/mol. The van der Waals surface area contributed by atoms with Crippen molar-refractivity contribution in [1.29, 1.82) is 0 Å². The Balaban J connectivity index is 1.57. The molecule has 8 nitrogen and oxygen atoms in total. The van der Waals surface area contributed by atoms with Crippen LogP contribution in [0.3, 0.4) is 0 Å². The largest absolute Gasteiger partial charge is 0.497 e. The topological polar surface area (TPSA) is 91.0 Å². The zero-order valence-electron chi connectivity index (χ0n) is 18.0. The molecule has 2 aliphatic rings. The van der Waals surface area contributed by atoms with E-state index in [-0.39, 0.29) is 37.5 Å². The van der Waals surface area contributed by atoms with E-state index in [0.29, 0.717) is 33.3 Å². The third-order valence-electron chi connectivity index (χ3n) is 5.53. The Bertz CT molecular complexity index is 1150. The van der Waals surface area contributed by atoms with E-state index in [1.165, 1.54) is 9.80 Å². The summed E-state index contributed by atoms with van der Waals surface area (Å²) in [4.78, 5) is 41.8. The molecule has 0 fully saturated rings. The van der Waals surface area contributed by atoms with Crippen molar-refractivity contribution < 1.29 is 19.1 Å². The summed E-state index contributed by atoms with van der Waals surface area (Å²) < 4.78 is 5.12. The minimum absolute atomic E-state index is 0.131. The zero-order chi connectivity index (χ0) is 23.5. The number of hydrogen-bond acceptors (Lipinski definition) is 4. The van der Waals surface area contributed by atoms with Crippen molar-refractivity contribution >= 4 is 35.1 Å². The van der Waals surface area contributed by atoms with Crippen molar-refractivity contribution in [2.45, 2.75) is 6.04 Å². The molecule has 0 bridgehead atoms. The number of urea groups is 1. The molecule has 9 heteroatoms. The van der Waals surface area contributed by atoms with Gasteiger partial charge < -0.3 is 20.3 Å². The van der Waals surface area contributed by atoms with Gasteiger partial charge in [0.1, 0.15) is 12.3 Å². The summed E-state index contributed by atoms with van der Waals surface area (Å²) >= 11 is 6.37. The third kappa shape index (κ3) is 4.42. The minimum atomic E-state index is -0.704. The number of ether oxygens (including phenoxy) is 1. The summed E-state index contributed by atoms with van der Waals surface area (Å²) in [5, 5.41) is 6.09. The van der Waals surface area contributed by atoms with Gasteiger partial charge in [0.15, 0.2) is 0 Å². The number of amides is 4. The van der Waals surface area contributed by atoms with Crippen LogP contribution in [0, 0.1) is 0 Å². The summed E-state index contributed by atoms with van der Waals surface area (Å²) in [6.45, 7) is 3.91. The lowest BCUT2D eigenvalue weighted by Gasteiger charge is -2.33. The van der Waals surface area contributed by atoms with Gasteiger partial charge in [0, 0.05) is 17.3 Å². The van der Waals surface area contributed by atoms with Crippen molar-refractivity contribution in [2.24, 2.45) is 0 Å². The molecule has 0 saturated carbocycles. The molecule has 170 valence electrons. The van der Waals surface area contributed by atoms with Gasteiger partial charge in [-0.1, -0.05) is 35.9 Å². The molecule has 2 N–H and O–H groups in total. The highest BCUT2D eigenvalue weighted by Crippen LogP contribution is 2.38. The minimum Gasteiger partial charge on any atom is -0.497 e. The van der Waals surface area contributed by atoms with Crippen molar-refractivity contribution in [2.75, 3.05) is 32.1 Å². The molecule has 33 heavy (non-hydrogen) atoms. The van der Waals surface area contributed by atoms with Gasteiger partial charge in [-0.3, -0.25) is 14.5 Å². The van der Waals surface area contributed by atoms with Gasteiger partial charge in [0.25, 0.3) is 5.91 Å². The first-order chi connectivity index (χ1) is 15.9. The molecule has 4 amide bonds.